The number of rotatable bonds is 0. The van der Waals surface area contributed by atoms with Crippen molar-refractivity contribution in [1.29, 1.82) is 0 Å². The molecule has 0 atom stereocenters. The fraction of sp³-hybridized carbons (Fsp3) is 0.556. The van der Waals surface area contributed by atoms with Gasteiger partial charge >= 0.3 is 34.1 Å². The zero-order chi connectivity index (χ0) is 14.3. The van der Waals surface area contributed by atoms with Crippen LogP contribution in [-0.4, -0.2) is 23.9 Å². The van der Waals surface area contributed by atoms with Crippen molar-refractivity contribution < 1.29 is 73.7 Å². The predicted molar refractivity (Wildman–Crippen MR) is 49.5 cm³/mol. The third-order valence-corrected chi connectivity index (χ3v) is 0. The molecule has 0 unspecified atom stereocenters. The van der Waals surface area contributed by atoms with Crippen molar-refractivity contribution in [3.05, 3.63) is 0 Å². The molecule has 0 spiro atoms. The molecule has 0 aromatic rings. The molecule has 0 aromatic carbocycles. The van der Waals surface area contributed by atoms with Gasteiger partial charge in [0.25, 0.3) is 0 Å². The molecule has 0 aliphatic heterocycles. The second-order valence-electron chi connectivity index (χ2n) is 1.97. The van der Waals surface area contributed by atoms with E-state index in [-0.39, 0.29) is 41.6 Å². The summed E-state index contributed by atoms with van der Waals surface area (Å²) in [5.41, 5.74) is 0. The van der Waals surface area contributed by atoms with Gasteiger partial charge in [-0.3, -0.25) is 0 Å². The van der Waals surface area contributed by atoms with Crippen molar-refractivity contribution in [3.63, 3.8) is 0 Å². The Kier molecular flexibility index (Phi) is 81.4. The molecule has 0 rings (SSSR count). The van der Waals surface area contributed by atoms with Crippen molar-refractivity contribution in [2.75, 3.05) is 0 Å². The summed E-state index contributed by atoms with van der Waals surface area (Å²) in [5.74, 6) is -4.33. The molecule has 0 bridgehead atoms. The van der Waals surface area contributed by atoms with Crippen LogP contribution in [0.15, 0.2) is 0 Å². The molecular weight excluding hydrogens is 363 g/mol. The second-order valence-corrected chi connectivity index (χ2v) is 1.97. The number of hydrogen-bond acceptors (Lipinski definition) is 8. The first-order valence-corrected chi connectivity index (χ1v) is 3.63. The zero-order valence-corrected chi connectivity index (χ0v) is 11.8. The van der Waals surface area contributed by atoms with Gasteiger partial charge in [-0.2, -0.15) is 0 Å². The van der Waals surface area contributed by atoms with Gasteiger partial charge in [-0.1, -0.05) is 7.43 Å². The van der Waals surface area contributed by atoms with Crippen LogP contribution in [0.4, 0.5) is 0 Å². The van der Waals surface area contributed by atoms with Crippen LogP contribution in [0.25, 0.3) is 0 Å². The van der Waals surface area contributed by atoms with Gasteiger partial charge in [0.15, 0.2) is 0 Å². The maximum Gasteiger partial charge on any atom is 2.00 e. The summed E-state index contributed by atoms with van der Waals surface area (Å²) in [6.45, 7) is 3.89. The van der Waals surface area contributed by atoms with Crippen LogP contribution >= 0.6 is 0 Å². The number of carboxylic acids is 4. The smallest absolute Gasteiger partial charge is 0.550 e. The van der Waals surface area contributed by atoms with E-state index in [1.165, 1.54) is 0 Å². The third kappa shape index (κ3) is 3220. The monoisotopic (exact) mass is 378 g/mol. The fourth-order valence-corrected chi connectivity index (χ4v) is 0. The molecule has 0 aromatic heterocycles. The minimum absolute atomic E-state index is 0. The van der Waals surface area contributed by atoms with E-state index in [0.29, 0.717) is 0 Å². The van der Waals surface area contributed by atoms with Gasteiger partial charge in [0.05, 0.1) is 0 Å². The van der Waals surface area contributed by atoms with E-state index in [2.05, 4.69) is 0 Å². The first-order valence-electron chi connectivity index (χ1n) is 3.63. The Morgan fingerprint density at radius 3 is 0.526 bits per heavy atom. The molecule has 0 fully saturated rings. The van der Waals surface area contributed by atoms with Crippen LogP contribution in [-0.2, 0) is 53.3 Å². The average molecular weight is 379 g/mol. The van der Waals surface area contributed by atoms with Crippen molar-refractivity contribution in [1.82, 2.24) is 0 Å². The molecule has 0 aliphatic carbocycles. The van der Waals surface area contributed by atoms with Gasteiger partial charge < -0.3 is 39.6 Å². The summed E-state index contributed by atoms with van der Waals surface area (Å²) in [5, 5.41) is 35.6. The number of carbonyl (C=O) groups excluding carboxylic acids is 4. The summed E-state index contributed by atoms with van der Waals surface area (Å²) in [4.78, 5) is 35.6. The maximum atomic E-state index is 8.89. The Morgan fingerprint density at radius 1 is 0.526 bits per heavy atom. The van der Waals surface area contributed by atoms with Crippen LogP contribution in [0.1, 0.15) is 35.1 Å². The molecule has 8 nitrogen and oxygen atoms in total. The van der Waals surface area contributed by atoms with Gasteiger partial charge in [-0.05, 0) is 27.7 Å². The van der Waals surface area contributed by atoms with Crippen molar-refractivity contribution in [2.45, 2.75) is 35.1 Å². The Morgan fingerprint density at radius 2 is 0.526 bits per heavy atom. The van der Waals surface area contributed by atoms with Crippen molar-refractivity contribution >= 4 is 23.9 Å². The molecule has 0 saturated carbocycles. The van der Waals surface area contributed by atoms with E-state index in [0.717, 1.165) is 27.7 Å². The summed E-state index contributed by atoms with van der Waals surface area (Å²) in [7, 11) is 0. The van der Waals surface area contributed by atoms with E-state index in [1.54, 1.807) is 0 Å². The van der Waals surface area contributed by atoms with E-state index in [1.807, 2.05) is 0 Å². The average Bonchev–Trinajstić information content (AvgIpc) is 1.76. The molecule has 0 amide bonds. The quantitative estimate of drug-likeness (QED) is 0.382. The van der Waals surface area contributed by atoms with E-state index in [4.69, 9.17) is 39.6 Å². The van der Waals surface area contributed by atoms with E-state index < -0.39 is 23.9 Å². The van der Waals surface area contributed by atoms with Gasteiger partial charge in [0, 0.05) is 23.9 Å². The largest absolute Gasteiger partial charge is 2.00 e. The molecule has 0 heterocycles. The van der Waals surface area contributed by atoms with Crippen molar-refractivity contribution in [2.24, 2.45) is 0 Å². The summed E-state index contributed by atoms with van der Waals surface area (Å²) >= 11 is 0. The standard InChI is InChI=1S/4C2H4O2.CH4.2Cu/c4*1-2(3)4;;;/h4*1H3,(H,3,4);1H4;;/q;;;;;2*+2/p-4. The third-order valence-electron chi connectivity index (χ3n) is 0. The van der Waals surface area contributed by atoms with Crippen LogP contribution < -0.4 is 20.4 Å². The SMILES string of the molecule is C.CC(=O)[O-].CC(=O)[O-].CC(=O)[O-].CC(=O)[O-].[Cu+2].[Cu+2]. The Hall–Kier alpha value is -1.08. The Bertz CT molecular complexity index is 166. The van der Waals surface area contributed by atoms with Gasteiger partial charge in [0.1, 0.15) is 0 Å². The predicted octanol–water partition coefficient (Wildman–Crippen LogP) is -4.34. The molecule has 0 N–H and O–H groups in total. The van der Waals surface area contributed by atoms with Crippen LogP contribution in [0.5, 0.6) is 0 Å². The molecule has 10 heteroatoms. The summed E-state index contributed by atoms with van der Waals surface area (Å²) in [6.07, 6.45) is 0. The minimum Gasteiger partial charge on any atom is -0.550 e. The first kappa shape index (κ1) is 43.0. The molecule has 0 aliphatic rings. The molecule has 0 saturated heterocycles. The summed E-state index contributed by atoms with van der Waals surface area (Å²) < 4.78 is 0. The normalized spacial score (nSPS) is 5.26. The van der Waals surface area contributed by atoms with Gasteiger partial charge in [-0.15, -0.1) is 0 Å². The zero-order valence-electron chi connectivity index (χ0n) is 9.87. The fourth-order valence-electron chi connectivity index (χ4n) is 0. The number of hydrogen-bond donors (Lipinski definition) is 0. The molecular formula is C9H16Cu2O8. The van der Waals surface area contributed by atoms with Gasteiger partial charge in [-0.25, -0.2) is 0 Å². The van der Waals surface area contributed by atoms with Crippen LogP contribution in [0.3, 0.4) is 0 Å². The first-order chi connectivity index (χ1) is 6.93. The van der Waals surface area contributed by atoms with Crippen LogP contribution in [0.2, 0.25) is 0 Å². The van der Waals surface area contributed by atoms with Crippen LogP contribution in [0, 0.1) is 0 Å². The maximum absolute atomic E-state index is 8.89. The number of carbonyl (C=O) groups is 4. The summed E-state index contributed by atoms with van der Waals surface area (Å²) in [6, 6.07) is 0. The Balaban J connectivity index is -0.0000000192. The Labute approximate surface area is 133 Å². The second kappa shape index (κ2) is 36.0. The topological polar surface area (TPSA) is 161 Å². The number of aliphatic carboxylic acids is 4. The van der Waals surface area contributed by atoms with E-state index in [9.17, 15) is 0 Å². The van der Waals surface area contributed by atoms with Gasteiger partial charge in [0.2, 0.25) is 0 Å². The molecule has 122 valence electrons. The molecule has 2 radical (unpaired) electrons. The minimum atomic E-state index is -1.08. The molecule has 19 heavy (non-hydrogen) atoms. The number of carboxylic acid groups (broad SMARTS) is 4. The van der Waals surface area contributed by atoms with E-state index >= 15 is 0 Å². The van der Waals surface area contributed by atoms with Crippen molar-refractivity contribution in [3.8, 4) is 0 Å².